The first-order chi connectivity index (χ1) is 7.66. The summed E-state index contributed by atoms with van der Waals surface area (Å²) in [4.78, 5) is 14.5. The van der Waals surface area contributed by atoms with E-state index in [0.717, 1.165) is 5.39 Å². The van der Waals surface area contributed by atoms with E-state index in [4.69, 9.17) is 5.11 Å². The Hall–Kier alpha value is -1.97. The molecule has 0 aliphatic rings. The maximum atomic E-state index is 13.4. The fraction of sp³-hybridized carbons (Fsp3) is 0.167. The number of aliphatic carboxylic acids is 1. The highest BCUT2D eigenvalue weighted by atomic mass is 19.1. The van der Waals surface area contributed by atoms with E-state index in [0.29, 0.717) is 17.6 Å². The number of aromatic nitrogens is 1. The summed E-state index contributed by atoms with van der Waals surface area (Å²) in [6.07, 6.45) is 0.326. The Morgan fingerprint density at radius 3 is 2.88 bits per heavy atom. The summed E-state index contributed by atoms with van der Waals surface area (Å²) in [6.45, 7) is 0. The van der Waals surface area contributed by atoms with E-state index in [1.54, 1.807) is 24.3 Å². The topological polar surface area (TPSA) is 50.2 Å². The molecule has 2 rings (SSSR count). The largest absolute Gasteiger partial charge is 0.481 e. The van der Waals surface area contributed by atoms with Crippen molar-refractivity contribution in [3.05, 3.63) is 41.8 Å². The third-order valence-electron chi connectivity index (χ3n) is 2.32. The second kappa shape index (κ2) is 4.26. The van der Waals surface area contributed by atoms with Crippen LogP contribution >= 0.6 is 0 Å². The van der Waals surface area contributed by atoms with Crippen molar-refractivity contribution in [3.8, 4) is 0 Å². The van der Waals surface area contributed by atoms with Gasteiger partial charge in [-0.25, -0.2) is 9.37 Å². The number of carboxylic acids is 1. The standard InChI is InChI=1S/C12H10FNO2/c13-10-3-1-2-8-4-5-9(14-12(8)10)6-7-11(15)16/h1-5H,6-7H2,(H,15,16). The molecule has 2 aromatic rings. The number of para-hydroxylation sites is 1. The molecule has 0 aliphatic carbocycles. The molecule has 0 spiro atoms. The predicted octanol–water partition coefficient (Wildman–Crippen LogP) is 2.39. The molecular formula is C12H10FNO2. The zero-order chi connectivity index (χ0) is 11.5. The third-order valence-corrected chi connectivity index (χ3v) is 2.32. The molecule has 3 nitrogen and oxygen atoms in total. The third kappa shape index (κ3) is 2.16. The van der Waals surface area contributed by atoms with Crippen LogP contribution in [0.5, 0.6) is 0 Å². The van der Waals surface area contributed by atoms with Crippen LogP contribution in [0.25, 0.3) is 10.9 Å². The van der Waals surface area contributed by atoms with Crippen molar-refractivity contribution >= 4 is 16.9 Å². The van der Waals surface area contributed by atoms with Gasteiger partial charge in [0.2, 0.25) is 0 Å². The van der Waals surface area contributed by atoms with Crippen molar-refractivity contribution in [2.75, 3.05) is 0 Å². The molecular weight excluding hydrogens is 209 g/mol. The Kier molecular flexibility index (Phi) is 2.81. The Bertz CT molecular complexity index is 540. The van der Waals surface area contributed by atoms with Gasteiger partial charge >= 0.3 is 5.97 Å². The molecule has 82 valence electrons. The first-order valence-corrected chi connectivity index (χ1v) is 4.93. The van der Waals surface area contributed by atoms with Gasteiger partial charge in [-0.05, 0) is 12.1 Å². The predicted molar refractivity (Wildman–Crippen MR) is 57.7 cm³/mol. The molecule has 0 aliphatic heterocycles. The number of benzene rings is 1. The molecule has 0 saturated heterocycles. The number of aryl methyl sites for hydroxylation is 1. The van der Waals surface area contributed by atoms with Gasteiger partial charge in [0.1, 0.15) is 11.3 Å². The fourth-order valence-electron chi connectivity index (χ4n) is 1.53. The summed E-state index contributed by atoms with van der Waals surface area (Å²) in [5, 5.41) is 9.26. The van der Waals surface area contributed by atoms with Crippen LogP contribution < -0.4 is 0 Å². The molecule has 0 saturated carbocycles. The van der Waals surface area contributed by atoms with Crippen LogP contribution in [0, 0.1) is 5.82 Å². The van der Waals surface area contributed by atoms with Crippen molar-refractivity contribution in [1.82, 2.24) is 4.98 Å². The minimum Gasteiger partial charge on any atom is -0.481 e. The first-order valence-electron chi connectivity index (χ1n) is 4.93. The first kappa shape index (κ1) is 10.5. The zero-order valence-corrected chi connectivity index (χ0v) is 8.48. The second-order valence-electron chi connectivity index (χ2n) is 3.51. The van der Waals surface area contributed by atoms with Gasteiger partial charge in [-0.2, -0.15) is 0 Å². The number of hydrogen-bond acceptors (Lipinski definition) is 2. The number of rotatable bonds is 3. The summed E-state index contributed by atoms with van der Waals surface area (Å²) in [5.74, 6) is -1.26. The molecule has 0 fully saturated rings. The highest BCUT2D eigenvalue weighted by Crippen LogP contribution is 2.16. The Balaban J connectivity index is 2.35. The van der Waals surface area contributed by atoms with Crippen LogP contribution in [-0.2, 0) is 11.2 Å². The smallest absolute Gasteiger partial charge is 0.303 e. The normalized spacial score (nSPS) is 10.6. The average Bonchev–Trinajstić information content (AvgIpc) is 2.27. The lowest BCUT2D eigenvalue weighted by atomic mass is 10.1. The van der Waals surface area contributed by atoms with Crippen LogP contribution in [0.4, 0.5) is 4.39 Å². The summed E-state index contributed by atoms with van der Waals surface area (Å²) < 4.78 is 13.4. The van der Waals surface area contributed by atoms with Crippen LogP contribution in [0.15, 0.2) is 30.3 Å². The zero-order valence-electron chi connectivity index (χ0n) is 8.48. The number of nitrogens with zero attached hydrogens (tertiary/aromatic N) is 1. The Morgan fingerprint density at radius 2 is 2.12 bits per heavy atom. The maximum absolute atomic E-state index is 13.4. The van der Waals surface area contributed by atoms with Crippen LogP contribution in [0.3, 0.4) is 0 Å². The maximum Gasteiger partial charge on any atom is 0.303 e. The molecule has 1 aromatic carbocycles. The van der Waals surface area contributed by atoms with Gasteiger partial charge in [0.05, 0.1) is 6.42 Å². The Labute approximate surface area is 91.5 Å². The van der Waals surface area contributed by atoms with Gasteiger partial charge in [0.25, 0.3) is 0 Å². The van der Waals surface area contributed by atoms with Crippen molar-refractivity contribution < 1.29 is 14.3 Å². The van der Waals surface area contributed by atoms with Gasteiger partial charge in [-0.1, -0.05) is 18.2 Å². The summed E-state index contributed by atoms with van der Waals surface area (Å²) >= 11 is 0. The van der Waals surface area contributed by atoms with Crippen LogP contribution in [0.2, 0.25) is 0 Å². The second-order valence-corrected chi connectivity index (χ2v) is 3.51. The van der Waals surface area contributed by atoms with Gasteiger partial charge in [-0.3, -0.25) is 4.79 Å². The molecule has 1 aromatic heterocycles. The molecule has 4 heteroatoms. The molecule has 0 amide bonds. The van der Waals surface area contributed by atoms with Crippen LogP contribution in [-0.4, -0.2) is 16.1 Å². The fourth-order valence-corrected chi connectivity index (χ4v) is 1.53. The van der Waals surface area contributed by atoms with Crippen molar-refractivity contribution in [2.45, 2.75) is 12.8 Å². The molecule has 0 atom stereocenters. The number of carboxylic acid groups (broad SMARTS) is 1. The SMILES string of the molecule is O=C(O)CCc1ccc2cccc(F)c2n1. The number of carbonyl (C=O) groups is 1. The van der Waals surface area contributed by atoms with E-state index < -0.39 is 5.97 Å². The molecule has 0 bridgehead atoms. The lowest BCUT2D eigenvalue weighted by molar-refractivity contribution is -0.136. The molecule has 0 unspecified atom stereocenters. The number of pyridine rings is 1. The molecule has 0 radical (unpaired) electrons. The van der Waals surface area contributed by atoms with E-state index in [1.165, 1.54) is 6.07 Å². The van der Waals surface area contributed by atoms with E-state index >= 15 is 0 Å². The number of halogens is 1. The van der Waals surface area contributed by atoms with Crippen molar-refractivity contribution in [2.24, 2.45) is 0 Å². The lowest BCUT2D eigenvalue weighted by Gasteiger charge is -2.02. The highest BCUT2D eigenvalue weighted by Gasteiger charge is 2.04. The van der Waals surface area contributed by atoms with Crippen molar-refractivity contribution in [1.29, 1.82) is 0 Å². The molecule has 16 heavy (non-hydrogen) atoms. The summed E-state index contributed by atoms with van der Waals surface area (Å²) in [7, 11) is 0. The highest BCUT2D eigenvalue weighted by molar-refractivity contribution is 5.79. The number of fused-ring (bicyclic) bond motifs is 1. The van der Waals surface area contributed by atoms with E-state index in [1.807, 2.05) is 0 Å². The molecule has 1 N–H and O–H groups in total. The molecule has 1 heterocycles. The summed E-state index contributed by atoms with van der Waals surface area (Å²) in [6, 6.07) is 8.21. The van der Waals surface area contributed by atoms with Gasteiger partial charge in [0, 0.05) is 17.5 Å². The van der Waals surface area contributed by atoms with Gasteiger partial charge in [-0.15, -0.1) is 0 Å². The van der Waals surface area contributed by atoms with E-state index in [9.17, 15) is 9.18 Å². The average molecular weight is 219 g/mol. The summed E-state index contributed by atoms with van der Waals surface area (Å²) in [5.41, 5.74) is 0.894. The number of hydrogen-bond donors (Lipinski definition) is 1. The van der Waals surface area contributed by atoms with Crippen LogP contribution in [0.1, 0.15) is 12.1 Å². The quantitative estimate of drug-likeness (QED) is 0.862. The van der Waals surface area contributed by atoms with Gasteiger partial charge < -0.3 is 5.11 Å². The van der Waals surface area contributed by atoms with E-state index in [-0.39, 0.29) is 12.2 Å². The van der Waals surface area contributed by atoms with Gasteiger partial charge in [0.15, 0.2) is 0 Å². The monoisotopic (exact) mass is 219 g/mol. The minimum absolute atomic E-state index is 0.00690. The van der Waals surface area contributed by atoms with E-state index in [2.05, 4.69) is 4.98 Å². The van der Waals surface area contributed by atoms with Crippen molar-refractivity contribution in [3.63, 3.8) is 0 Å². The lowest BCUT2D eigenvalue weighted by Crippen LogP contribution is -1.99. The minimum atomic E-state index is -0.879. The Morgan fingerprint density at radius 1 is 1.31 bits per heavy atom.